The monoisotopic (exact) mass is 1000 g/mol. The normalized spacial score (nSPS) is 19.9. The SMILES string of the molecule is Cc1ccsc1-c1ccc([C@H](C)CC(=O)[C@@H]2C[C@@H](O)CN2C(=O)[C@@H](NC(=O)COCCNc2ccc(-c3ccc(C(=O)NC4C(C)(C)C(Oc5ccc(C#N)c(Cl)c5)C4(C)C)cc3)cn2)C(C)(C)C)cc1. The van der Waals surface area contributed by atoms with E-state index in [0.29, 0.717) is 34.3 Å². The first kappa shape index (κ1) is 52.7. The van der Waals surface area contributed by atoms with Crippen LogP contribution in [-0.2, 0) is 19.1 Å². The van der Waals surface area contributed by atoms with Crippen LogP contribution in [0.4, 0.5) is 5.82 Å². The number of nitrogens with zero attached hydrogens (tertiary/aromatic N) is 3. The molecule has 4 atom stereocenters. The molecule has 1 saturated heterocycles. The highest BCUT2D eigenvalue weighted by Gasteiger charge is 2.64. The number of nitrogens with one attached hydrogen (secondary N) is 3. The molecule has 4 N–H and O–H groups in total. The standard InChI is InChI=1S/C56H65ClN6O7S/c1-33-22-25-71-48(33)37-14-10-35(11-15-37)34(2)26-45(65)44-27-41(64)31-63(44)51(68)49(54(3,4)5)61-47(66)32-69-24-23-59-46-21-19-40(30-60-46)36-12-16-38(17-13-36)50(67)62-52-55(6,7)53(56(52,8)9)70-42-20-18-39(29-58)43(57)28-42/h10-22,25,28,30,34,41,44,49,52-53,64H,23-24,26-27,31-32H2,1-9H3,(H,59,60)(H,61,66)(H,62,67)/t34-,41-,44+,49-,52?,53?/m1/s1. The summed E-state index contributed by atoms with van der Waals surface area (Å²) in [5, 5.41) is 31.6. The molecule has 0 spiro atoms. The predicted octanol–water partition coefficient (Wildman–Crippen LogP) is 9.61. The van der Waals surface area contributed by atoms with Crippen LogP contribution < -0.4 is 20.7 Å². The molecule has 0 bridgehead atoms. The van der Waals surface area contributed by atoms with Crippen molar-refractivity contribution in [1.29, 1.82) is 5.26 Å². The summed E-state index contributed by atoms with van der Waals surface area (Å²) < 4.78 is 12.0. The van der Waals surface area contributed by atoms with Gasteiger partial charge in [0.05, 0.1) is 29.3 Å². The molecule has 3 amide bonds. The predicted molar refractivity (Wildman–Crippen MR) is 278 cm³/mol. The average molecular weight is 1000 g/mol. The molecule has 13 nitrogen and oxygen atoms in total. The number of ether oxygens (including phenoxy) is 2. The number of benzene rings is 3. The van der Waals surface area contributed by atoms with E-state index in [-0.39, 0.29) is 62.4 Å². The minimum atomic E-state index is -0.955. The lowest BCUT2D eigenvalue weighted by Gasteiger charge is -2.63. The number of hydrogen-bond donors (Lipinski definition) is 4. The van der Waals surface area contributed by atoms with Crippen LogP contribution in [0.25, 0.3) is 21.6 Å². The summed E-state index contributed by atoms with van der Waals surface area (Å²) in [5.74, 6) is -0.0951. The molecule has 0 radical (unpaired) electrons. The second kappa shape index (κ2) is 21.7. The molecule has 0 unspecified atom stereocenters. The summed E-state index contributed by atoms with van der Waals surface area (Å²) in [6.07, 6.45) is 1.03. The molecule has 2 aromatic heterocycles. The zero-order chi connectivity index (χ0) is 51.4. The molecule has 3 aromatic carbocycles. The van der Waals surface area contributed by atoms with Crippen molar-refractivity contribution in [1.82, 2.24) is 20.5 Å². The van der Waals surface area contributed by atoms with Crippen molar-refractivity contribution >= 4 is 52.3 Å². The number of β-amino-alcohol motifs (C(OH)–C–C–N with tert-alkyl or cyclic N) is 1. The lowest BCUT2D eigenvalue weighted by molar-refractivity contribution is -0.164. The second-order valence-corrected chi connectivity index (χ2v) is 22.5. The number of pyridine rings is 1. The number of carbonyl (C=O) groups is 4. The molecule has 5 aromatic rings. The fraction of sp³-hybridized carbons (Fsp3) is 0.429. The highest BCUT2D eigenvalue weighted by atomic mass is 35.5. The summed E-state index contributed by atoms with van der Waals surface area (Å²) >= 11 is 7.95. The number of anilines is 1. The highest BCUT2D eigenvalue weighted by molar-refractivity contribution is 7.13. The second-order valence-electron chi connectivity index (χ2n) is 21.2. The third-order valence-electron chi connectivity index (χ3n) is 13.9. The Kier molecular flexibility index (Phi) is 16.1. The van der Waals surface area contributed by atoms with Gasteiger partial charge in [-0.05, 0) is 88.4 Å². The third-order valence-corrected chi connectivity index (χ3v) is 15.3. The fourth-order valence-electron chi connectivity index (χ4n) is 10.3. The maximum absolute atomic E-state index is 14.1. The molecule has 2 fully saturated rings. The number of hydrogen-bond acceptors (Lipinski definition) is 11. The molecular weight excluding hydrogens is 936 g/mol. The van der Waals surface area contributed by atoms with E-state index in [9.17, 15) is 29.5 Å². The average Bonchev–Trinajstić information content (AvgIpc) is 3.96. The van der Waals surface area contributed by atoms with Crippen molar-refractivity contribution in [3.63, 3.8) is 0 Å². The van der Waals surface area contributed by atoms with Crippen molar-refractivity contribution < 1.29 is 33.8 Å². The summed E-state index contributed by atoms with van der Waals surface area (Å²) in [7, 11) is 0. The van der Waals surface area contributed by atoms with E-state index >= 15 is 0 Å². The Morgan fingerprint density at radius 1 is 0.958 bits per heavy atom. The van der Waals surface area contributed by atoms with Gasteiger partial charge >= 0.3 is 0 Å². The minimum absolute atomic E-state index is 0.0142. The summed E-state index contributed by atoms with van der Waals surface area (Å²) in [5.41, 5.74) is 4.55. The van der Waals surface area contributed by atoms with Crippen molar-refractivity contribution in [3.05, 3.63) is 124 Å². The quantitative estimate of drug-likeness (QED) is 0.0617. The number of aryl methyl sites for hydroxylation is 1. The Morgan fingerprint density at radius 2 is 1.63 bits per heavy atom. The van der Waals surface area contributed by atoms with Crippen LogP contribution in [0.5, 0.6) is 5.75 Å². The van der Waals surface area contributed by atoms with Crippen LogP contribution in [0.1, 0.15) is 101 Å². The topological polar surface area (TPSA) is 183 Å². The molecule has 374 valence electrons. The first-order chi connectivity index (χ1) is 33.6. The maximum atomic E-state index is 14.1. The van der Waals surface area contributed by atoms with E-state index < -0.39 is 46.2 Å². The van der Waals surface area contributed by atoms with E-state index in [1.54, 1.807) is 47.9 Å². The molecule has 1 aliphatic heterocycles. The number of carbonyl (C=O) groups excluding carboxylic acids is 4. The number of halogens is 1. The number of aliphatic hydroxyl groups is 1. The Bertz CT molecular complexity index is 2750. The number of rotatable bonds is 18. The van der Waals surface area contributed by atoms with Gasteiger partial charge in [0.1, 0.15) is 36.4 Å². The van der Waals surface area contributed by atoms with Crippen molar-refractivity contribution in [2.45, 2.75) is 111 Å². The molecule has 2 aliphatic rings. The number of nitriles is 1. The number of thiophene rings is 1. The number of aromatic nitrogens is 1. The molecule has 3 heterocycles. The van der Waals surface area contributed by atoms with Gasteiger partial charge in [-0.15, -0.1) is 11.3 Å². The van der Waals surface area contributed by atoms with Gasteiger partial charge in [0.2, 0.25) is 11.8 Å². The third kappa shape index (κ3) is 12.0. The first-order valence-electron chi connectivity index (χ1n) is 24.1. The van der Waals surface area contributed by atoms with Crippen LogP contribution in [0.3, 0.4) is 0 Å². The molecule has 1 aliphatic carbocycles. The van der Waals surface area contributed by atoms with Gasteiger partial charge in [-0.25, -0.2) is 4.98 Å². The summed E-state index contributed by atoms with van der Waals surface area (Å²) in [4.78, 5) is 61.8. The molecular formula is C56H65ClN6O7S. The van der Waals surface area contributed by atoms with Gasteiger partial charge < -0.3 is 35.4 Å². The van der Waals surface area contributed by atoms with Crippen LogP contribution in [0.15, 0.2) is 96.5 Å². The lowest BCUT2D eigenvalue weighted by atomic mass is 9.49. The van der Waals surface area contributed by atoms with Crippen LogP contribution in [0, 0.1) is 34.5 Å². The number of Topliss-reactive ketones (excluding diaryl/α,β-unsaturated/α-hetero) is 1. The lowest BCUT2D eigenvalue weighted by Crippen LogP contribution is -2.74. The zero-order valence-electron chi connectivity index (χ0n) is 42.0. The Morgan fingerprint density at radius 3 is 2.24 bits per heavy atom. The van der Waals surface area contributed by atoms with Gasteiger partial charge in [-0.1, -0.05) is 103 Å². The highest BCUT2D eigenvalue weighted by Crippen LogP contribution is 2.55. The van der Waals surface area contributed by atoms with Crippen LogP contribution in [-0.4, -0.2) is 95.1 Å². The number of likely N-dealkylation sites (tertiary alicyclic amines) is 1. The Hall–Kier alpha value is -6.11. The van der Waals surface area contributed by atoms with E-state index in [4.69, 9.17) is 21.1 Å². The van der Waals surface area contributed by atoms with E-state index in [2.05, 4.69) is 85.2 Å². The summed E-state index contributed by atoms with van der Waals surface area (Å²) in [6.45, 7) is 18.2. The van der Waals surface area contributed by atoms with Gasteiger partial charge in [0.15, 0.2) is 5.78 Å². The fourth-order valence-corrected chi connectivity index (χ4v) is 11.4. The Balaban J connectivity index is 0.847. The van der Waals surface area contributed by atoms with Gasteiger partial charge in [0, 0.05) is 71.1 Å². The smallest absolute Gasteiger partial charge is 0.251 e. The van der Waals surface area contributed by atoms with Crippen molar-refractivity contribution in [2.75, 3.05) is 31.6 Å². The molecule has 1 saturated carbocycles. The van der Waals surface area contributed by atoms with Gasteiger partial charge in [-0.2, -0.15) is 5.26 Å². The van der Waals surface area contributed by atoms with Gasteiger partial charge in [0.25, 0.3) is 5.91 Å². The van der Waals surface area contributed by atoms with Crippen LogP contribution >= 0.6 is 22.9 Å². The number of aliphatic hydroxyl groups excluding tert-OH is 1. The van der Waals surface area contributed by atoms with E-state index in [0.717, 1.165) is 22.3 Å². The van der Waals surface area contributed by atoms with Crippen molar-refractivity contribution in [3.8, 4) is 33.4 Å². The first-order valence-corrected chi connectivity index (χ1v) is 25.3. The Labute approximate surface area is 426 Å². The van der Waals surface area contributed by atoms with Crippen molar-refractivity contribution in [2.24, 2.45) is 16.2 Å². The number of amides is 3. The summed E-state index contributed by atoms with van der Waals surface area (Å²) in [6, 6.07) is 26.6. The van der Waals surface area contributed by atoms with E-state index in [1.807, 2.05) is 64.1 Å². The van der Waals surface area contributed by atoms with Gasteiger partial charge in [-0.3, -0.25) is 19.2 Å². The minimum Gasteiger partial charge on any atom is -0.489 e. The molecule has 15 heteroatoms. The van der Waals surface area contributed by atoms with E-state index in [1.165, 1.54) is 15.3 Å². The molecule has 7 rings (SSSR count). The number of ketones is 1. The van der Waals surface area contributed by atoms with Crippen LogP contribution in [0.2, 0.25) is 5.02 Å². The molecule has 71 heavy (non-hydrogen) atoms. The largest absolute Gasteiger partial charge is 0.489 e. The zero-order valence-corrected chi connectivity index (χ0v) is 43.5. The maximum Gasteiger partial charge on any atom is 0.251 e.